The Bertz CT molecular complexity index is 353. The first-order valence-corrected chi connectivity index (χ1v) is 8.41. The molecule has 1 unspecified atom stereocenters. The highest BCUT2D eigenvalue weighted by atomic mass is 16.2. The van der Waals surface area contributed by atoms with Gasteiger partial charge in [0.05, 0.1) is 6.54 Å². The number of nitrogens with zero attached hydrogens (tertiary/aromatic N) is 1. The van der Waals surface area contributed by atoms with Crippen LogP contribution in [0.25, 0.3) is 0 Å². The number of hydrogen-bond donors (Lipinski definition) is 2. The van der Waals surface area contributed by atoms with Gasteiger partial charge in [-0.05, 0) is 38.6 Å². The molecule has 0 radical (unpaired) electrons. The highest BCUT2D eigenvalue weighted by molar-refractivity contribution is 5.85. The van der Waals surface area contributed by atoms with Crippen LogP contribution in [-0.4, -0.2) is 49.4 Å². The first kappa shape index (κ1) is 16.3. The van der Waals surface area contributed by atoms with Gasteiger partial charge in [0.1, 0.15) is 0 Å². The number of amides is 2. The van der Waals surface area contributed by atoms with Crippen LogP contribution in [0.4, 0.5) is 0 Å². The summed E-state index contributed by atoms with van der Waals surface area (Å²) in [5.74, 6) is 0.627. The summed E-state index contributed by atoms with van der Waals surface area (Å²) in [6.45, 7) is 1.82. The van der Waals surface area contributed by atoms with Crippen LogP contribution < -0.4 is 10.6 Å². The van der Waals surface area contributed by atoms with Crippen LogP contribution in [0.15, 0.2) is 0 Å². The molecule has 5 nitrogen and oxygen atoms in total. The summed E-state index contributed by atoms with van der Waals surface area (Å²) in [5.41, 5.74) is 0. The van der Waals surface area contributed by atoms with E-state index in [0.29, 0.717) is 12.3 Å². The standard InChI is InChI=1S/C16H29N3O2/c1-17-11-14-8-5-9-19(14)16(21)12-18-15(20)10-13-6-3-2-4-7-13/h13-14,17H,2-12H2,1H3,(H,18,20). The summed E-state index contributed by atoms with van der Waals surface area (Å²) in [4.78, 5) is 26.1. The number of carbonyl (C=O) groups excluding carboxylic acids is 2. The molecule has 0 bridgehead atoms. The Balaban J connectivity index is 1.69. The highest BCUT2D eigenvalue weighted by Crippen LogP contribution is 2.26. The SMILES string of the molecule is CNCC1CCCN1C(=O)CNC(=O)CC1CCCCC1. The molecule has 120 valence electrons. The van der Waals surface area contributed by atoms with E-state index in [1.54, 1.807) is 0 Å². The van der Waals surface area contributed by atoms with E-state index in [9.17, 15) is 9.59 Å². The maximum absolute atomic E-state index is 12.2. The average Bonchev–Trinajstić information content (AvgIpc) is 2.95. The summed E-state index contributed by atoms with van der Waals surface area (Å²) in [5, 5.41) is 5.95. The summed E-state index contributed by atoms with van der Waals surface area (Å²) in [6.07, 6.45) is 8.84. The lowest BCUT2D eigenvalue weighted by Gasteiger charge is -2.25. The molecule has 2 aliphatic rings. The third kappa shape index (κ3) is 4.99. The average molecular weight is 295 g/mol. The highest BCUT2D eigenvalue weighted by Gasteiger charge is 2.28. The van der Waals surface area contributed by atoms with Gasteiger partial charge in [-0.25, -0.2) is 0 Å². The van der Waals surface area contributed by atoms with Gasteiger partial charge in [0.15, 0.2) is 0 Å². The molecule has 0 aromatic carbocycles. The molecule has 1 heterocycles. The van der Waals surface area contributed by atoms with Crippen LogP contribution >= 0.6 is 0 Å². The fourth-order valence-corrected chi connectivity index (χ4v) is 3.61. The topological polar surface area (TPSA) is 61.4 Å². The molecule has 1 aliphatic carbocycles. The molecule has 2 fully saturated rings. The van der Waals surface area contributed by atoms with Crippen molar-refractivity contribution in [3.8, 4) is 0 Å². The maximum Gasteiger partial charge on any atom is 0.242 e. The molecule has 1 saturated carbocycles. The second kappa shape index (κ2) is 8.37. The molecule has 21 heavy (non-hydrogen) atoms. The van der Waals surface area contributed by atoms with Crippen LogP contribution in [0.5, 0.6) is 0 Å². The predicted molar refractivity (Wildman–Crippen MR) is 82.9 cm³/mol. The van der Waals surface area contributed by atoms with E-state index in [1.165, 1.54) is 19.3 Å². The van der Waals surface area contributed by atoms with Crippen LogP contribution in [-0.2, 0) is 9.59 Å². The van der Waals surface area contributed by atoms with Gasteiger partial charge in [0, 0.05) is 25.6 Å². The van der Waals surface area contributed by atoms with Crippen LogP contribution in [0.2, 0.25) is 0 Å². The van der Waals surface area contributed by atoms with Crippen molar-refractivity contribution < 1.29 is 9.59 Å². The van der Waals surface area contributed by atoms with Crippen molar-refractivity contribution in [2.45, 2.75) is 57.4 Å². The molecule has 1 aliphatic heterocycles. The summed E-state index contributed by atoms with van der Waals surface area (Å²) < 4.78 is 0. The van der Waals surface area contributed by atoms with Crippen LogP contribution in [0.3, 0.4) is 0 Å². The fraction of sp³-hybridized carbons (Fsp3) is 0.875. The van der Waals surface area contributed by atoms with E-state index in [4.69, 9.17) is 0 Å². The van der Waals surface area contributed by atoms with Crippen molar-refractivity contribution in [2.75, 3.05) is 26.7 Å². The molecule has 0 aromatic rings. The maximum atomic E-state index is 12.2. The third-order valence-electron chi connectivity index (χ3n) is 4.77. The second-order valence-corrected chi connectivity index (χ2v) is 6.43. The van der Waals surface area contributed by atoms with E-state index in [2.05, 4.69) is 10.6 Å². The Morgan fingerprint density at radius 1 is 1.10 bits per heavy atom. The van der Waals surface area contributed by atoms with Gasteiger partial charge in [-0.15, -0.1) is 0 Å². The zero-order chi connectivity index (χ0) is 15.1. The molecule has 2 amide bonds. The van der Waals surface area contributed by atoms with Gasteiger partial charge >= 0.3 is 0 Å². The Hall–Kier alpha value is -1.10. The lowest BCUT2D eigenvalue weighted by atomic mass is 9.87. The second-order valence-electron chi connectivity index (χ2n) is 6.43. The van der Waals surface area contributed by atoms with E-state index in [1.807, 2.05) is 11.9 Å². The lowest BCUT2D eigenvalue weighted by molar-refractivity contribution is -0.133. The third-order valence-corrected chi connectivity index (χ3v) is 4.77. The molecule has 1 saturated heterocycles. The van der Waals surface area contributed by atoms with Gasteiger partial charge in [-0.2, -0.15) is 0 Å². The number of likely N-dealkylation sites (N-methyl/N-ethyl adjacent to an activating group) is 1. The van der Waals surface area contributed by atoms with Crippen molar-refractivity contribution in [1.82, 2.24) is 15.5 Å². The summed E-state index contributed by atoms with van der Waals surface area (Å²) in [6, 6.07) is 0.290. The Morgan fingerprint density at radius 3 is 2.57 bits per heavy atom. The largest absolute Gasteiger partial charge is 0.347 e. The van der Waals surface area contributed by atoms with Crippen LogP contribution in [0.1, 0.15) is 51.4 Å². The first-order chi connectivity index (χ1) is 10.2. The minimum Gasteiger partial charge on any atom is -0.347 e. The predicted octanol–water partition coefficient (Wildman–Crippen LogP) is 1.28. The van der Waals surface area contributed by atoms with E-state index in [0.717, 1.165) is 38.8 Å². The van der Waals surface area contributed by atoms with Crippen LogP contribution in [0, 0.1) is 5.92 Å². The van der Waals surface area contributed by atoms with E-state index in [-0.39, 0.29) is 24.4 Å². The van der Waals surface area contributed by atoms with E-state index < -0.39 is 0 Å². The first-order valence-electron chi connectivity index (χ1n) is 8.41. The van der Waals surface area contributed by atoms with E-state index >= 15 is 0 Å². The molecule has 1 atom stereocenters. The molecule has 0 aromatic heterocycles. The normalized spacial score (nSPS) is 23.3. The number of carbonyl (C=O) groups is 2. The minimum atomic E-state index is 0.0413. The van der Waals surface area contributed by atoms with Crippen molar-refractivity contribution in [3.05, 3.63) is 0 Å². The summed E-state index contributed by atoms with van der Waals surface area (Å²) >= 11 is 0. The van der Waals surface area contributed by atoms with Gasteiger partial charge in [-0.3, -0.25) is 9.59 Å². The molecular weight excluding hydrogens is 266 g/mol. The minimum absolute atomic E-state index is 0.0413. The van der Waals surface area contributed by atoms with Crippen molar-refractivity contribution >= 4 is 11.8 Å². The molecule has 2 N–H and O–H groups in total. The Kier molecular flexibility index (Phi) is 6.49. The van der Waals surface area contributed by atoms with Gasteiger partial charge in [-0.1, -0.05) is 19.3 Å². The van der Waals surface area contributed by atoms with Gasteiger partial charge < -0.3 is 15.5 Å². The number of rotatable bonds is 6. The number of nitrogens with one attached hydrogen (secondary N) is 2. The summed E-state index contributed by atoms with van der Waals surface area (Å²) in [7, 11) is 1.91. The Labute approximate surface area is 127 Å². The zero-order valence-corrected chi connectivity index (χ0v) is 13.2. The van der Waals surface area contributed by atoms with Gasteiger partial charge in [0.25, 0.3) is 0 Å². The fourth-order valence-electron chi connectivity index (χ4n) is 3.61. The quantitative estimate of drug-likeness (QED) is 0.776. The zero-order valence-electron chi connectivity index (χ0n) is 13.2. The molecular formula is C16H29N3O2. The molecule has 5 heteroatoms. The lowest BCUT2D eigenvalue weighted by Crippen LogP contribution is -2.45. The molecule has 0 spiro atoms. The Morgan fingerprint density at radius 2 is 1.86 bits per heavy atom. The number of hydrogen-bond acceptors (Lipinski definition) is 3. The van der Waals surface area contributed by atoms with Gasteiger partial charge in [0.2, 0.25) is 11.8 Å². The monoisotopic (exact) mass is 295 g/mol. The molecule has 2 rings (SSSR count). The van der Waals surface area contributed by atoms with Crippen molar-refractivity contribution in [2.24, 2.45) is 5.92 Å². The van der Waals surface area contributed by atoms with Crippen molar-refractivity contribution in [3.63, 3.8) is 0 Å². The van der Waals surface area contributed by atoms with Crippen molar-refractivity contribution in [1.29, 1.82) is 0 Å². The number of likely N-dealkylation sites (tertiary alicyclic amines) is 1. The smallest absolute Gasteiger partial charge is 0.242 e.